The van der Waals surface area contributed by atoms with Gasteiger partial charge in [-0.15, -0.1) is 23.2 Å². The molecule has 0 saturated carbocycles. The molecule has 0 amide bonds. The zero-order valence-corrected chi connectivity index (χ0v) is 9.52. The maximum absolute atomic E-state index is 6.11. The van der Waals surface area contributed by atoms with Crippen molar-refractivity contribution < 1.29 is 0 Å². The molecule has 1 aromatic rings. The van der Waals surface area contributed by atoms with Crippen LogP contribution in [0.3, 0.4) is 0 Å². The second-order valence-corrected chi connectivity index (χ2v) is 3.67. The van der Waals surface area contributed by atoms with Crippen molar-refractivity contribution in [2.75, 3.05) is 21.8 Å². The van der Waals surface area contributed by atoms with E-state index in [1.54, 1.807) is 9.80 Å². The molecule has 0 N–H and O–H groups in total. The lowest BCUT2D eigenvalue weighted by Gasteiger charge is -2.22. The van der Waals surface area contributed by atoms with Gasteiger partial charge in [-0.3, -0.25) is 0 Å². The molecule has 75 valence electrons. The molecular weight excluding hydrogens is 242 g/mol. The first-order chi connectivity index (χ1) is 6.79. The first kappa shape index (κ1) is 10.2. The number of hydrogen-bond donors (Lipinski definition) is 0. The molecule has 0 saturated heterocycles. The molecule has 0 spiro atoms. The van der Waals surface area contributed by atoms with E-state index in [4.69, 9.17) is 34.8 Å². The Balaban J connectivity index is 2.45. The second kappa shape index (κ2) is 4.05. The van der Waals surface area contributed by atoms with E-state index < -0.39 is 0 Å². The Morgan fingerprint density at radius 1 is 0.929 bits per heavy atom. The van der Waals surface area contributed by atoms with Crippen molar-refractivity contribution in [3.05, 3.63) is 29.9 Å². The Morgan fingerprint density at radius 2 is 1.36 bits per heavy atom. The number of anilines is 2. The van der Waals surface area contributed by atoms with Gasteiger partial charge in [0.1, 0.15) is 0 Å². The number of para-hydroxylation sites is 2. The highest BCUT2D eigenvalue weighted by Crippen LogP contribution is 2.44. The average Bonchev–Trinajstić information content (AvgIpc) is 2.49. The zero-order chi connectivity index (χ0) is 10.1. The van der Waals surface area contributed by atoms with Crippen LogP contribution in [0.5, 0.6) is 0 Å². The minimum Gasteiger partial charge on any atom is -0.316 e. The monoisotopic (exact) mass is 249 g/mol. The number of alkyl halides is 2. The number of halogens is 3. The molecule has 0 fully saturated rings. The minimum atomic E-state index is 0.323. The average molecular weight is 251 g/mol. The van der Waals surface area contributed by atoms with Crippen LogP contribution >= 0.6 is 34.8 Å². The van der Waals surface area contributed by atoms with Gasteiger partial charge in [-0.1, -0.05) is 23.7 Å². The Labute approximate surface area is 97.9 Å². The summed E-state index contributed by atoms with van der Waals surface area (Å²) in [6.45, 7) is 0. The highest BCUT2D eigenvalue weighted by molar-refractivity contribution is 6.34. The Kier molecular flexibility index (Phi) is 2.96. The van der Waals surface area contributed by atoms with E-state index in [1.165, 1.54) is 0 Å². The summed E-state index contributed by atoms with van der Waals surface area (Å²) in [6, 6.07) is 8.46. The van der Waals surface area contributed by atoms with Crippen molar-refractivity contribution >= 4 is 46.2 Å². The lowest BCUT2D eigenvalue weighted by atomic mass is 10.3. The number of benzene rings is 1. The van der Waals surface area contributed by atoms with Gasteiger partial charge in [0.15, 0.2) is 0 Å². The van der Waals surface area contributed by atoms with Crippen molar-refractivity contribution in [2.45, 2.75) is 0 Å². The minimum absolute atomic E-state index is 0.323. The summed E-state index contributed by atoms with van der Waals surface area (Å²) in [4.78, 5) is 3.61. The SMILES string of the molecule is ClCN1[C](Cl)N(CCl)c2ccccc21. The topological polar surface area (TPSA) is 6.48 Å². The van der Waals surface area contributed by atoms with Crippen LogP contribution in [0.1, 0.15) is 0 Å². The molecule has 0 unspecified atom stereocenters. The number of hydrogen-bond acceptors (Lipinski definition) is 2. The molecule has 5 heteroatoms. The fraction of sp³-hybridized carbons (Fsp3) is 0.222. The summed E-state index contributed by atoms with van der Waals surface area (Å²) < 4.78 is 0. The van der Waals surface area contributed by atoms with E-state index in [0.29, 0.717) is 17.6 Å². The molecule has 1 aromatic carbocycles. The smallest absolute Gasteiger partial charge is 0.251 e. The van der Waals surface area contributed by atoms with Gasteiger partial charge in [-0.25, -0.2) is 0 Å². The lowest BCUT2D eigenvalue weighted by molar-refractivity contribution is 0.956. The van der Waals surface area contributed by atoms with Crippen molar-refractivity contribution in [1.82, 2.24) is 0 Å². The predicted molar refractivity (Wildman–Crippen MR) is 61.9 cm³/mol. The summed E-state index contributed by atoms with van der Waals surface area (Å²) in [5, 5.41) is 0. The fourth-order valence-corrected chi connectivity index (χ4v) is 2.40. The number of rotatable bonds is 2. The quantitative estimate of drug-likeness (QED) is 0.586. The normalized spacial score (nSPS) is 16.2. The van der Waals surface area contributed by atoms with Gasteiger partial charge < -0.3 is 9.80 Å². The molecule has 0 bridgehead atoms. The van der Waals surface area contributed by atoms with E-state index >= 15 is 0 Å². The first-order valence-electron chi connectivity index (χ1n) is 4.08. The molecule has 0 atom stereocenters. The standard InChI is InChI=1S/C9H8Cl3N2/c10-5-13-7-3-1-2-4-8(7)14(6-11)9(13)12/h1-4H,5-6H2. The molecule has 1 aliphatic rings. The molecule has 1 radical (unpaired) electrons. The maximum atomic E-state index is 6.11. The van der Waals surface area contributed by atoms with Gasteiger partial charge in [0.25, 0.3) is 5.62 Å². The first-order valence-corrected chi connectivity index (χ1v) is 5.52. The molecule has 0 aliphatic carbocycles. The molecule has 1 aliphatic heterocycles. The van der Waals surface area contributed by atoms with Crippen LogP contribution < -0.4 is 9.80 Å². The second-order valence-electron chi connectivity index (χ2n) is 2.85. The summed E-state index contributed by atoms with van der Waals surface area (Å²) in [5.74, 6) is 0. The van der Waals surface area contributed by atoms with E-state index in [2.05, 4.69) is 0 Å². The number of fused-ring (bicyclic) bond motifs is 1. The largest absolute Gasteiger partial charge is 0.316 e. The van der Waals surface area contributed by atoms with Gasteiger partial charge >= 0.3 is 0 Å². The van der Waals surface area contributed by atoms with Crippen LogP contribution in [0.25, 0.3) is 0 Å². The molecule has 2 rings (SSSR count). The van der Waals surface area contributed by atoms with Crippen LogP contribution in [0.15, 0.2) is 24.3 Å². The van der Waals surface area contributed by atoms with Crippen molar-refractivity contribution in [2.24, 2.45) is 0 Å². The molecular formula is C9H8Cl3N2. The van der Waals surface area contributed by atoms with Crippen LogP contribution in [-0.2, 0) is 0 Å². The highest BCUT2D eigenvalue weighted by atomic mass is 35.5. The van der Waals surface area contributed by atoms with Crippen LogP contribution in [0.2, 0.25) is 0 Å². The molecule has 0 aromatic heterocycles. The Hall–Kier alpha value is -0.310. The fourth-order valence-electron chi connectivity index (χ4n) is 1.49. The number of nitrogens with zero attached hydrogens (tertiary/aromatic N) is 2. The maximum Gasteiger partial charge on any atom is 0.251 e. The van der Waals surface area contributed by atoms with Crippen molar-refractivity contribution in [3.8, 4) is 0 Å². The predicted octanol–water partition coefficient (Wildman–Crippen LogP) is 3.39. The van der Waals surface area contributed by atoms with E-state index in [9.17, 15) is 0 Å². The Bertz CT molecular complexity index is 301. The van der Waals surface area contributed by atoms with Crippen molar-refractivity contribution in [1.29, 1.82) is 0 Å². The molecule has 14 heavy (non-hydrogen) atoms. The summed E-state index contributed by atoms with van der Waals surface area (Å²) in [5.41, 5.74) is 2.54. The van der Waals surface area contributed by atoms with Crippen LogP contribution in [0.4, 0.5) is 11.4 Å². The third-order valence-corrected chi connectivity index (χ3v) is 3.03. The summed E-state index contributed by atoms with van der Waals surface area (Å²) in [6.07, 6.45) is 0. The van der Waals surface area contributed by atoms with Crippen molar-refractivity contribution in [3.63, 3.8) is 0 Å². The van der Waals surface area contributed by atoms with Gasteiger partial charge in [0.05, 0.1) is 23.4 Å². The van der Waals surface area contributed by atoms with Gasteiger partial charge in [0, 0.05) is 0 Å². The summed E-state index contributed by atoms with van der Waals surface area (Å²) in [7, 11) is 0. The molecule has 1 heterocycles. The van der Waals surface area contributed by atoms with Crippen LogP contribution in [-0.4, -0.2) is 12.0 Å². The van der Waals surface area contributed by atoms with E-state index in [1.807, 2.05) is 24.3 Å². The summed E-state index contributed by atoms with van der Waals surface area (Å²) >= 11 is 17.7. The van der Waals surface area contributed by atoms with Gasteiger partial charge in [-0.2, -0.15) is 0 Å². The molecule has 2 nitrogen and oxygen atoms in total. The lowest BCUT2D eigenvalue weighted by Crippen LogP contribution is -2.30. The van der Waals surface area contributed by atoms with E-state index in [0.717, 1.165) is 11.4 Å². The van der Waals surface area contributed by atoms with E-state index in [-0.39, 0.29) is 0 Å². The van der Waals surface area contributed by atoms with Gasteiger partial charge in [-0.05, 0) is 12.1 Å². The van der Waals surface area contributed by atoms with Gasteiger partial charge in [0.2, 0.25) is 0 Å². The highest BCUT2D eigenvalue weighted by Gasteiger charge is 2.34. The zero-order valence-electron chi connectivity index (χ0n) is 7.25. The van der Waals surface area contributed by atoms with Crippen LogP contribution in [0, 0.1) is 5.62 Å². The Morgan fingerprint density at radius 3 is 1.71 bits per heavy atom. The third-order valence-electron chi connectivity index (χ3n) is 2.15. The third kappa shape index (κ3) is 1.42.